The molecule has 1 atom stereocenters. The molecule has 138 valence electrons. The summed E-state index contributed by atoms with van der Waals surface area (Å²) in [5.41, 5.74) is -0.660. The topological polar surface area (TPSA) is 86.8 Å². The molecule has 9 heteroatoms. The number of amides is 2. The summed E-state index contributed by atoms with van der Waals surface area (Å²) in [6.45, 7) is 4.48. The highest BCUT2D eigenvalue weighted by atomic mass is 32.2. The number of nitrogens with zero attached hydrogens (tertiary/aromatic N) is 2. The fourth-order valence-electron chi connectivity index (χ4n) is 3.35. The van der Waals surface area contributed by atoms with Crippen molar-refractivity contribution in [2.45, 2.75) is 18.9 Å². The lowest BCUT2D eigenvalue weighted by atomic mass is 10.0. The zero-order chi connectivity index (χ0) is 18.1. The summed E-state index contributed by atoms with van der Waals surface area (Å²) in [5, 5.41) is 4.76. The normalized spacial score (nSPS) is 26.5. The van der Waals surface area contributed by atoms with Gasteiger partial charge in [0.05, 0.1) is 28.5 Å². The van der Waals surface area contributed by atoms with Gasteiger partial charge in [0.25, 0.3) is 5.91 Å². The monoisotopic (exact) mass is 385 g/mol. The summed E-state index contributed by atoms with van der Waals surface area (Å²) in [7, 11) is -3.04. The molecule has 25 heavy (non-hydrogen) atoms. The van der Waals surface area contributed by atoms with E-state index in [1.807, 2.05) is 27.3 Å². The van der Waals surface area contributed by atoms with E-state index in [1.54, 1.807) is 6.92 Å². The second-order valence-corrected chi connectivity index (χ2v) is 10.1. The van der Waals surface area contributed by atoms with E-state index in [0.717, 1.165) is 4.88 Å². The van der Waals surface area contributed by atoms with Crippen LogP contribution in [0.3, 0.4) is 0 Å². The minimum Gasteiger partial charge on any atom is -0.349 e. The lowest BCUT2D eigenvalue weighted by Gasteiger charge is -2.35. The van der Waals surface area contributed by atoms with Gasteiger partial charge in [-0.15, -0.1) is 11.3 Å². The van der Waals surface area contributed by atoms with Crippen LogP contribution in [0.15, 0.2) is 17.5 Å². The molecule has 1 aromatic heterocycles. The van der Waals surface area contributed by atoms with Crippen LogP contribution in [0.4, 0.5) is 0 Å². The molecule has 3 heterocycles. The molecule has 2 fully saturated rings. The van der Waals surface area contributed by atoms with Gasteiger partial charge in [-0.05, 0) is 24.8 Å². The van der Waals surface area contributed by atoms with Crippen molar-refractivity contribution in [1.29, 1.82) is 0 Å². The number of sulfone groups is 1. The summed E-state index contributed by atoms with van der Waals surface area (Å²) in [4.78, 5) is 29.1. The summed E-state index contributed by atoms with van der Waals surface area (Å²) >= 11 is 1.44. The standard InChI is InChI=1S/C16H23N3O4S2/c1-16(4-10-25(22,23)12-16)17-14(20)11-18-5-7-19(8-6-18)15(21)13-3-2-9-24-13/h2-3,9H,4-8,10-12H2,1H3,(H,17,20)/t16-/m1/s1. The predicted molar refractivity (Wildman–Crippen MR) is 96.5 cm³/mol. The first kappa shape index (κ1) is 18.3. The van der Waals surface area contributed by atoms with E-state index in [2.05, 4.69) is 5.32 Å². The molecule has 2 aliphatic rings. The van der Waals surface area contributed by atoms with Gasteiger partial charge in [0.2, 0.25) is 5.91 Å². The number of carbonyl (C=O) groups is 2. The van der Waals surface area contributed by atoms with E-state index < -0.39 is 15.4 Å². The zero-order valence-electron chi connectivity index (χ0n) is 14.2. The van der Waals surface area contributed by atoms with Crippen molar-refractivity contribution >= 4 is 33.0 Å². The number of piperazine rings is 1. The molecule has 0 spiro atoms. The highest BCUT2D eigenvalue weighted by molar-refractivity contribution is 7.91. The molecular formula is C16H23N3O4S2. The molecule has 0 unspecified atom stereocenters. The molecule has 0 aromatic carbocycles. The first-order valence-corrected chi connectivity index (χ1v) is 11.0. The minimum atomic E-state index is -3.04. The van der Waals surface area contributed by atoms with Gasteiger partial charge in [0.15, 0.2) is 9.84 Å². The van der Waals surface area contributed by atoms with Crippen molar-refractivity contribution < 1.29 is 18.0 Å². The van der Waals surface area contributed by atoms with Gasteiger partial charge < -0.3 is 10.2 Å². The molecule has 0 bridgehead atoms. The zero-order valence-corrected chi connectivity index (χ0v) is 15.9. The molecule has 1 N–H and O–H groups in total. The Morgan fingerprint density at radius 1 is 1.28 bits per heavy atom. The number of thiophene rings is 1. The SMILES string of the molecule is C[C@@]1(NC(=O)CN2CCN(C(=O)c3cccs3)CC2)CCS(=O)(=O)C1. The third kappa shape index (κ3) is 4.59. The third-order valence-electron chi connectivity index (χ3n) is 4.70. The highest BCUT2D eigenvalue weighted by Gasteiger charge is 2.39. The lowest BCUT2D eigenvalue weighted by molar-refractivity contribution is -0.124. The Kier molecular flexibility index (Phi) is 5.17. The Hall–Kier alpha value is -1.45. The quantitative estimate of drug-likeness (QED) is 0.800. The second kappa shape index (κ2) is 7.05. The Balaban J connectivity index is 1.46. The van der Waals surface area contributed by atoms with Gasteiger partial charge >= 0.3 is 0 Å². The van der Waals surface area contributed by atoms with Gasteiger partial charge in [-0.1, -0.05) is 6.07 Å². The predicted octanol–water partition coefficient (Wildman–Crippen LogP) is 0.199. The maximum atomic E-state index is 12.3. The first-order chi connectivity index (χ1) is 11.8. The summed E-state index contributed by atoms with van der Waals surface area (Å²) in [6, 6.07) is 3.69. The van der Waals surface area contributed by atoms with E-state index in [9.17, 15) is 18.0 Å². The van der Waals surface area contributed by atoms with Crippen LogP contribution >= 0.6 is 11.3 Å². The Morgan fingerprint density at radius 3 is 2.56 bits per heavy atom. The van der Waals surface area contributed by atoms with Crippen LogP contribution in [0, 0.1) is 0 Å². The van der Waals surface area contributed by atoms with Crippen molar-refractivity contribution in [2.24, 2.45) is 0 Å². The molecule has 0 saturated carbocycles. The minimum absolute atomic E-state index is 0.00876. The van der Waals surface area contributed by atoms with Gasteiger partial charge in [0, 0.05) is 26.2 Å². The molecule has 1 aromatic rings. The van der Waals surface area contributed by atoms with E-state index in [0.29, 0.717) is 32.6 Å². The summed E-state index contributed by atoms with van der Waals surface area (Å²) in [5.74, 6) is 0.0303. The van der Waals surface area contributed by atoms with E-state index in [1.165, 1.54) is 11.3 Å². The molecule has 3 rings (SSSR count). The largest absolute Gasteiger partial charge is 0.349 e. The van der Waals surface area contributed by atoms with Crippen LogP contribution < -0.4 is 5.32 Å². The van der Waals surface area contributed by atoms with Crippen LogP contribution in [0.5, 0.6) is 0 Å². The molecule has 2 amide bonds. The van der Waals surface area contributed by atoms with Crippen molar-refractivity contribution in [2.75, 3.05) is 44.2 Å². The van der Waals surface area contributed by atoms with Crippen molar-refractivity contribution in [3.63, 3.8) is 0 Å². The molecule has 0 aliphatic carbocycles. The number of nitrogens with one attached hydrogen (secondary N) is 1. The average molecular weight is 386 g/mol. The van der Waals surface area contributed by atoms with Gasteiger partial charge in [-0.2, -0.15) is 0 Å². The van der Waals surface area contributed by atoms with E-state index >= 15 is 0 Å². The third-order valence-corrected chi connectivity index (χ3v) is 7.46. The van der Waals surface area contributed by atoms with E-state index in [4.69, 9.17) is 0 Å². The lowest BCUT2D eigenvalue weighted by Crippen LogP contribution is -2.54. The maximum absolute atomic E-state index is 12.3. The van der Waals surface area contributed by atoms with Crippen molar-refractivity contribution in [3.8, 4) is 0 Å². The van der Waals surface area contributed by atoms with Crippen molar-refractivity contribution in [1.82, 2.24) is 15.1 Å². The van der Waals surface area contributed by atoms with Crippen molar-refractivity contribution in [3.05, 3.63) is 22.4 Å². The van der Waals surface area contributed by atoms with Gasteiger partial charge in [-0.3, -0.25) is 14.5 Å². The van der Waals surface area contributed by atoms with Crippen LogP contribution in [0.2, 0.25) is 0 Å². The maximum Gasteiger partial charge on any atom is 0.264 e. The Bertz CT molecular complexity index is 739. The summed E-state index contributed by atoms with van der Waals surface area (Å²) in [6.07, 6.45) is 0.462. The van der Waals surface area contributed by atoms with Crippen LogP contribution in [0.1, 0.15) is 23.0 Å². The van der Waals surface area contributed by atoms with Crippen LogP contribution in [0.25, 0.3) is 0 Å². The average Bonchev–Trinajstić information content (AvgIpc) is 3.15. The number of hydrogen-bond donors (Lipinski definition) is 1. The first-order valence-electron chi connectivity index (χ1n) is 8.33. The second-order valence-electron chi connectivity index (χ2n) is 7.00. The van der Waals surface area contributed by atoms with Crippen LogP contribution in [-0.4, -0.2) is 79.8 Å². The molecule has 2 saturated heterocycles. The van der Waals surface area contributed by atoms with Gasteiger partial charge in [0.1, 0.15) is 0 Å². The summed E-state index contributed by atoms with van der Waals surface area (Å²) < 4.78 is 23.2. The number of rotatable bonds is 4. The Labute approximate surface area is 151 Å². The van der Waals surface area contributed by atoms with Gasteiger partial charge in [-0.25, -0.2) is 8.42 Å². The molecule has 7 nitrogen and oxygen atoms in total. The smallest absolute Gasteiger partial charge is 0.264 e. The molecule has 0 radical (unpaired) electrons. The van der Waals surface area contributed by atoms with E-state index in [-0.39, 0.29) is 29.9 Å². The molecule has 2 aliphatic heterocycles. The highest BCUT2D eigenvalue weighted by Crippen LogP contribution is 2.22. The Morgan fingerprint density at radius 2 is 2.00 bits per heavy atom. The fourth-order valence-corrected chi connectivity index (χ4v) is 6.14. The van der Waals surface area contributed by atoms with Crippen LogP contribution in [-0.2, 0) is 14.6 Å². The number of carbonyl (C=O) groups excluding carboxylic acids is 2. The fraction of sp³-hybridized carbons (Fsp3) is 0.625. The number of hydrogen-bond acceptors (Lipinski definition) is 6. The molecular weight excluding hydrogens is 362 g/mol.